The fraction of sp³-hybridized carbons (Fsp3) is 0.316. The van der Waals surface area contributed by atoms with Gasteiger partial charge in [-0.15, -0.1) is 0 Å². The van der Waals surface area contributed by atoms with Crippen LogP contribution in [0.25, 0.3) is 11.1 Å². The van der Waals surface area contributed by atoms with Gasteiger partial charge in [0.15, 0.2) is 6.20 Å². The highest BCUT2D eigenvalue weighted by molar-refractivity contribution is 5.96. The molecule has 1 aromatic heterocycles. The third-order valence-corrected chi connectivity index (χ3v) is 3.71. The zero-order valence-electron chi connectivity index (χ0n) is 15.4. The second kappa shape index (κ2) is 7.03. The van der Waals surface area contributed by atoms with E-state index in [4.69, 9.17) is 4.74 Å². The number of aromatic carboxylic acids is 1. The van der Waals surface area contributed by atoms with E-state index in [9.17, 15) is 19.9 Å². The van der Waals surface area contributed by atoms with Crippen LogP contribution in [0.1, 0.15) is 42.4 Å². The molecule has 0 unspecified atom stereocenters. The van der Waals surface area contributed by atoms with Gasteiger partial charge < -0.3 is 15.1 Å². The second-order valence-corrected chi connectivity index (χ2v) is 7.05. The molecule has 0 bridgehead atoms. The number of rotatable bonds is 3. The van der Waals surface area contributed by atoms with Gasteiger partial charge >= 0.3 is 17.8 Å². The molecule has 0 aliphatic rings. The van der Waals surface area contributed by atoms with E-state index in [0.717, 1.165) is 16.7 Å². The molecular weight excluding hydrogens is 336 g/mol. The van der Waals surface area contributed by atoms with Crippen LogP contribution in [0.5, 0.6) is 0 Å². The molecule has 0 aliphatic carbocycles. The zero-order valence-corrected chi connectivity index (χ0v) is 15.4. The molecule has 1 amide bonds. The van der Waals surface area contributed by atoms with Gasteiger partial charge in [-0.2, -0.15) is 4.73 Å². The Balaban J connectivity index is 2.50. The van der Waals surface area contributed by atoms with Gasteiger partial charge in [0, 0.05) is 5.56 Å². The van der Waals surface area contributed by atoms with Crippen molar-refractivity contribution in [2.75, 3.05) is 5.32 Å². The topological polar surface area (TPSA) is 103 Å². The Morgan fingerprint density at radius 3 is 2.31 bits per heavy atom. The number of nitrogens with zero attached hydrogens (tertiary/aromatic N) is 1. The van der Waals surface area contributed by atoms with Gasteiger partial charge in [-0.05, 0) is 57.4 Å². The first kappa shape index (κ1) is 19.2. The Kier molecular flexibility index (Phi) is 5.20. The van der Waals surface area contributed by atoms with Crippen molar-refractivity contribution < 1.29 is 24.2 Å². The summed E-state index contributed by atoms with van der Waals surface area (Å²) in [7, 11) is 0. The Hall–Kier alpha value is -3.09. The monoisotopic (exact) mass is 358 g/mol. The molecule has 0 spiro atoms. The Bertz CT molecular complexity index is 869. The normalized spacial score (nSPS) is 11.1. The van der Waals surface area contributed by atoms with E-state index in [2.05, 4.69) is 5.32 Å². The Morgan fingerprint density at radius 1 is 1.12 bits per heavy atom. The van der Waals surface area contributed by atoms with E-state index in [1.807, 2.05) is 32.0 Å². The average molecular weight is 358 g/mol. The van der Waals surface area contributed by atoms with Crippen molar-refractivity contribution >= 4 is 17.7 Å². The van der Waals surface area contributed by atoms with Crippen LogP contribution in [0.4, 0.5) is 10.5 Å². The highest BCUT2D eigenvalue weighted by Crippen LogP contribution is 2.25. The molecule has 0 atom stereocenters. The van der Waals surface area contributed by atoms with Gasteiger partial charge in [0.05, 0.1) is 0 Å². The molecule has 26 heavy (non-hydrogen) atoms. The number of carboxylic acid groups (broad SMARTS) is 1. The fourth-order valence-electron chi connectivity index (χ4n) is 2.37. The summed E-state index contributed by atoms with van der Waals surface area (Å²) in [5.41, 5.74) is 1.89. The van der Waals surface area contributed by atoms with Crippen molar-refractivity contribution in [2.45, 2.75) is 40.2 Å². The van der Waals surface area contributed by atoms with Crippen molar-refractivity contribution in [3.63, 3.8) is 0 Å². The van der Waals surface area contributed by atoms with E-state index < -0.39 is 23.4 Å². The molecule has 0 aliphatic heterocycles. The number of ether oxygens (including phenoxy) is 1. The zero-order chi connectivity index (χ0) is 19.6. The lowest BCUT2D eigenvalue weighted by Crippen LogP contribution is -2.37. The van der Waals surface area contributed by atoms with Gasteiger partial charge in [0.2, 0.25) is 0 Å². The molecule has 0 fully saturated rings. The number of carboxylic acids is 1. The van der Waals surface area contributed by atoms with Crippen LogP contribution in [0.15, 0.2) is 30.5 Å². The van der Waals surface area contributed by atoms with Gasteiger partial charge in [0.1, 0.15) is 11.3 Å². The second-order valence-electron chi connectivity index (χ2n) is 7.05. The fourth-order valence-corrected chi connectivity index (χ4v) is 2.37. The van der Waals surface area contributed by atoms with Crippen molar-refractivity contribution in [3.05, 3.63) is 52.5 Å². The summed E-state index contributed by atoms with van der Waals surface area (Å²) in [5.74, 6) is -1.45. The smallest absolute Gasteiger partial charge is 0.412 e. The molecular formula is C19H22N2O5. The predicted molar refractivity (Wildman–Crippen MR) is 97.1 cm³/mol. The number of pyridine rings is 1. The number of benzene rings is 1. The number of anilines is 1. The molecule has 0 radical (unpaired) electrons. The lowest BCUT2D eigenvalue weighted by Gasteiger charge is -2.20. The predicted octanol–water partition coefficient (Wildman–Crippen LogP) is 3.65. The highest BCUT2D eigenvalue weighted by atomic mass is 16.6. The molecule has 1 aromatic carbocycles. The Labute approximate surface area is 151 Å². The van der Waals surface area contributed by atoms with Crippen molar-refractivity contribution in [3.8, 4) is 11.1 Å². The van der Waals surface area contributed by atoms with Crippen LogP contribution in [0.3, 0.4) is 0 Å². The Morgan fingerprint density at radius 2 is 1.77 bits per heavy atom. The van der Waals surface area contributed by atoms with E-state index in [1.165, 1.54) is 12.3 Å². The van der Waals surface area contributed by atoms with E-state index >= 15 is 0 Å². The molecule has 2 rings (SSSR count). The van der Waals surface area contributed by atoms with Gasteiger partial charge in [-0.25, -0.2) is 9.59 Å². The maximum absolute atomic E-state index is 12.2. The summed E-state index contributed by atoms with van der Waals surface area (Å²) >= 11 is 0. The maximum Gasteiger partial charge on any atom is 0.412 e. The van der Waals surface area contributed by atoms with E-state index in [1.54, 1.807) is 20.8 Å². The van der Waals surface area contributed by atoms with Crippen LogP contribution in [0.2, 0.25) is 0 Å². The number of carbonyl (C=O) groups excluding carboxylic acids is 1. The van der Waals surface area contributed by atoms with Crippen LogP contribution in [-0.4, -0.2) is 22.8 Å². The summed E-state index contributed by atoms with van der Waals surface area (Å²) in [5, 5.41) is 23.9. The number of aromatic nitrogens is 1. The van der Waals surface area contributed by atoms with Crippen molar-refractivity contribution in [1.82, 2.24) is 0 Å². The van der Waals surface area contributed by atoms with E-state index in [-0.39, 0.29) is 10.4 Å². The summed E-state index contributed by atoms with van der Waals surface area (Å²) in [6, 6.07) is 7.08. The standard InChI is InChI=1S/C19H22N2O5/c1-11-6-7-13(8-12(11)2)14-9-15(16(17(22)23)21(25)10-14)20-18(24)26-19(3,4)5/h6-10H,1-5H3,(H,20,24)(H,22,23). The van der Waals surface area contributed by atoms with Gasteiger partial charge in [-0.3, -0.25) is 5.32 Å². The average Bonchev–Trinajstić information content (AvgIpc) is 2.47. The molecule has 2 N–H and O–H groups in total. The van der Waals surface area contributed by atoms with Crippen LogP contribution < -0.4 is 10.0 Å². The number of aryl methyl sites for hydroxylation is 2. The van der Waals surface area contributed by atoms with Crippen molar-refractivity contribution in [1.29, 1.82) is 0 Å². The van der Waals surface area contributed by atoms with Crippen molar-refractivity contribution in [2.24, 2.45) is 0 Å². The largest absolute Gasteiger partial charge is 0.618 e. The first-order chi connectivity index (χ1) is 12.0. The highest BCUT2D eigenvalue weighted by Gasteiger charge is 2.26. The minimum Gasteiger partial charge on any atom is -0.618 e. The third-order valence-electron chi connectivity index (χ3n) is 3.71. The molecule has 138 valence electrons. The summed E-state index contributed by atoms with van der Waals surface area (Å²) < 4.78 is 5.38. The quantitative estimate of drug-likeness (QED) is 0.644. The van der Waals surface area contributed by atoms with Gasteiger partial charge in [-0.1, -0.05) is 18.2 Å². The minimum absolute atomic E-state index is 0.127. The van der Waals surface area contributed by atoms with Gasteiger partial charge in [0.25, 0.3) is 0 Å². The SMILES string of the molecule is Cc1ccc(-c2cc(NC(=O)OC(C)(C)C)c(C(=O)O)[n+]([O-])c2)cc1C. The lowest BCUT2D eigenvalue weighted by atomic mass is 10.0. The first-order valence-electron chi connectivity index (χ1n) is 8.06. The van der Waals surface area contributed by atoms with Crippen LogP contribution in [-0.2, 0) is 4.74 Å². The number of carbonyl (C=O) groups is 2. The summed E-state index contributed by atoms with van der Waals surface area (Å²) in [6.07, 6.45) is 0.339. The molecule has 0 saturated heterocycles. The first-order valence-corrected chi connectivity index (χ1v) is 8.06. The lowest BCUT2D eigenvalue weighted by molar-refractivity contribution is -0.607. The molecule has 7 nitrogen and oxygen atoms in total. The summed E-state index contributed by atoms with van der Waals surface area (Å²) in [4.78, 5) is 23.5. The third kappa shape index (κ3) is 4.50. The van der Waals surface area contributed by atoms with Crippen LogP contribution >= 0.6 is 0 Å². The number of amides is 1. The van der Waals surface area contributed by atoms with Crippen LogP contribution in [0, 0.1) is 19.1 Å². The number of hydrogen-bond donors (Lipinski definition) is 2. The van der Waals surface area contributed by atoms with E-state index in [0.29, 0.717) is 5.56 Å². The molecule has 7 heteroatoms. The number of nitrogens with one attached hydrogen (secondary N) is 1. The maximum atomic E-state index is 12.2. The summed E-state index contributed by atoms with van der Waals surface area (Å²) in [6.45, 7) is 8.96. The molecule has 0 saturated carbocycles. The molecule has 2 aromatic rings. The molecule has 1 heterocycles. The minimum atomic E-state index is -1.45. The number of hydrogen-bond acceptors (Lipinski definition) is 4.